The van der Waals surface area contributed by atoms with E-state index in [-0.39, 0.29) is 0 Å². The highest BCUT2D eigenvalue weighted by Crippen LogP contribution is 2.20. The molecule has 0 heterocycles. The van der Waals surface area contributed by atoms with E-state index in [0.29, 0.717) is 0 Å². The lowest BCUT2D eigenvalue weighted by Gasteiger charge is -2.07. The highest BCUT2D eigenvalue weighted by atomic mass is 14.1. The van der Waals surface area contributed by atoms with Crippen molar-refractivity contribution >= 4 is 0 Å². The molecule has 0 heteroatoms. The zero-order valence-electron chi connectivity index (χ0n) is 7.64. The molecule has 1 atom stereocenters. The Kier molecular flexibility index (Phi) is 3.41. The average molecular weight is 150 g/mol. The third kappa shape index (κ3) is 2.92. The van der Waals surface area contributed by atoms with Gasteiger partial charge >= 0.3 is 0 Å². The van der Waals surface area contributed by atoms with Crippen LogP contribution in [0.3, 0.4) is 0 Å². The van der Waals surface area contributed by atoms with Crippen LogP contribution in [0.5, 0.6) is 0 Å². The Morgan fingerprint density at radius 3 is 3.00 bits per heavy atom. The van der Waals surface area contributed by atoms with Gasteiger partial charge < -0.3 is 0 Å². The SMILES string of the molecule is CCCC1C=C(C)CC=CC1. The summed E-state index contributed by atoms with van der Waals surface area (Å²) in [5.41, 5.74) is 1.54. The fraction of sp³-hybridized carbons (Fsp3) is 0.636. The summed E-state index contributed by atoms with van der Waals surface area (Å²) in [6, 6.07) is 0. The van der Waals surface area contributed by atoms with Gasteiger partial charge in [-0.15, -0.1) is 0 Å². The molecule has 0 saturated carbocycles. The molecule has 0 amide bonds. The highest BCUT2D eigenvalue weighted by Gasteiger charge is 2.04. The minimum absolute atomic E-state index is 0.818. The molecule has 0 radical (unpaired) electrons. The third-order valence-electron chi connectivity index (χ3n) is 2.23. The lowest BCUT2D eigenvalue weighted by molar-refractivity contribution is 0.587. The van der Waals surface area contributed by atoms with Gasteiger partial charge in [0.2, 0.25) is 0 Å². The van der Waals surface area contributed by atoms with E-state index >= 15 is 0 Å². The average Bonchev–Trinajstić information content (AvgIpc) is 2.15. The Hall–Kier alpha value is -0.520. The first-order valence-corrected chi connectivity index (χ1v) is 4.65. The van der Waals surface area contributed by atoms with Gasteiger partial charge in [-0.2, -0.15) is 0 Å². The summed E-state index contributed by atoms with van der Waals surface area (Å²) in [7, 11) is 0. The van der Waals surface area contributed by atoms with Crippen molar-refractivity contribution in [3.05, 3.63) is 23.8 Å². The normalized spacial score (nSPS) is 24.5. The lowest BCUT2D eigenvalue weighted by atomic mass is 9.99. The number of allylic oxidation sites excluding steroid dienone is 4. The minimum atomic E-state index is 0.818. The molecule has 0 aliphatic heterocycles. The van der Waals surface area contributed by atoms with Crippen LogP contribution in [0.25, 0.3) is 0 Å². The fourth-order valence-electron chi connectivity index (χ4n) is 1.65. The van der Waals surface area contributed by atoms with Crippen LogP contribution in [0, 0.1) is 5.92 Å². The molecule has 0 nitrogen and oxygen atoms in total. The van der Waals surface area contributed by atoms with Gasteiger partial charge in [-0.25, -0.2) is 0 Å². The van der Waals surface area contributed by atoms with Crippen molar-refractivity contribution in [3.63, 3.8) is 0 Å². The topological polar surface area (TPSA) is 0 Å². The van der Waals surface area contributed by atoms with E-state index in [1.54, 1.807) is 0 Å². The monoisotopic (exact) mass is 150 g/mol. The molecule has 11 heavy (non-hydrogen) atoms. The minimum Gasteiger partial charge on any atom is -0.0876 e. The molecule has 1 aliphatic carbocycles. The predicted octanol–water partition coefficient (Wildman–Crippen LogP) is 3.70. The third-order valence-corrected chi connectivity index (χ3v) is 2.23. The maximum Gasteiger partial charge on any atom is -0.0141 e. The van der Waals surface area contributed by atoms with E-state index in [1.165, 1.54) is 31.3 Å². The molecule has 0 bridgehead atoms. The van der Waals surface area contributed by atoms with Crippen LogP contribution in [0.15, 0.2) is 23.8 Å². The van der Waals surface area contributed by atoms with E-state index in [1.807, 2.05) is 0 Å². The van der Waals surface area contributed by atoms with Gasteiger partial charge in [-0.3, -0.25) is 0 Å². The smallest absolute Gasteiger partial charge is 0.0141 e. The molecule has 0 aromatic carbocycles. The number of hydrogen-bond acceptors (Lipinski definition) is 0. The van der Waals surface area contributed by atoms with Gasteiger partial charge in [0.1, 0.15) is 0 Å². The summed E-state index contributed by atoms with van der Waals surface area (Å²) >= 11 is 0. The highest BCUT2D eigenvalue weighted by molar-refractivity contribution is 5.10. The second-order valence-corrected chi connectivity index (χ2v) is 3.47. The molecule has 62 valence electrons. The standard InChI is InChI=1S/C11H18/c1-3-6-11-8-5-4-7-10(2)9-11/h4-5,9,11H,3,6-8H2,1-2H3. The summed E-state index contributed by atoms with van der Waals surface area (Å²) in [4.78, 5) is 0. The second kappa shape index (κ2) is 4.38. The Morgan fingerprint density at radius 1 is 1.45 bits per heavy atom. The Labute approximate surface area is 70.0 Å². The Morgan fingerprint density at radius 2 is 2.27 bits per heavy atom. The van der Waals surface area contributed by atoms with Crippen molar-refractivity contribution in [1.82, 2.24) is 0 Å². The summed E-state index contributed by atoms with van der Waals surface area (Å²) in [5.74, 6) is 0.818. The van der Waals surface area contributed by atoms with Gasteiger partial charge in [0.15, 0.2) is 0 Å². The number of hydrogen-bond donors (Lipinski definition) is 0. The zero-order chi connectivity index (χ0) is 8.10. The molecule has 0 fully saturated rings. The van der Waals surface area contributed by atoms with Crippen molar-refractivity contribution in [2.45, 2.75) is 39.5 Å². The summed E-state index contributed by atoms with van der Waals surface area (Å²) in [6.07, 6.45) is 12.1. The second-order valence-electron chi connectivity index (χ2n) is 3.47. The number of rotatable bonds is 2. The van der Waals surface area contributed by atoms with Gasteiger partial charge in [-0.1, -0.05) is 37.1 Å². The molecule has 0 N–H and O–H groups in total. The van der Waals surface area contributed by atoms with Crippen molar-refractivity contribution < 1.29 is 0 Å². The van der Waals surface area contributed by atoms with Crippen LogP contribution < -0.4 is 0 Å². The van der Waals surface area contributed by atoms with E-state index < -0.39 is 0 Å². The molecule has 0 saturated heterocycles. The largest absolute Gasteiger partial charge is 0.0876 e. The van der Waals surface area contributed by atoms with Gasteiger partial charge in [0.25, 0.3) is 0 Å². The summed E-state index contributed by atoms with van der Waals surface area (Å²) in [6.45, 7) is 4.50. The van der Waals surface area contributed by atoms with Crippen LogP contribution in [0.4, 0.5) is 0 Å². The molecule has 1 unspecified atom stereocenters. The van der Waals surface area contributed by atoms with Crippen molar-refractivity contribution in [1.29, 1.82) is 0 Å². The summed E-state index contributed by atoms with van der Waals surface area (Å²) < 4.78 is 0. The molecule has 0 aromatic heterocycles. The first kappa shape index (κ1) is 8.58. The van der Waals surface area contributed by atoms with Crippen LogP contribution in [0.1, 0.15) is 39.5 Å². The zero-order valence-corrected chi connectivity index (χ0v) is 7.64. The molecular formula is C11H18. The first-order valence-electron chi connectivity index (χ1n) is 4.65. The maximum atomic E-state index is 2.45. The van der Waals surface area contributed by atoms with Crippen LogP contribution >= 0.6 is 0 Å². The Balaban J connectivity index is 2.51. The fourth-order valence-corrected chi connectivity index (χ4v) is 1.65. The molecule has 1 rings (SSSR count). The first-order chi connectivity index (χ1) is 5.33. The van der Waals surface area contributed by atoms with E-state index in [2.05, 4.69) is 32.1 Å². The van der Waals surface area contributed by atoms with Gasteiger partial charge in [-0.05, 0) is 32.1 Å². The van der Waals surface area contributed by atoms with Crippen LogP contribution in [-0.4, -0.2) is 0 Å². The van der Waals surface area contributed by atoms with Crippen molar-refractivity contribution in [3.8, 4) is 0 Å². The summed E-state index contributed by atoms with van der Waals surface area (Å²) in [5, 5.41) is 0. The molecule has 1 aliphatic rings. The van der Waals surface area contributed by atoms with Crippen molar-refractivity contribution in [2.75, 3.05) is 0 Å². The Bertz CT molecular complexity index is 163. The van der Waals surface area contributed by atoms with E-state index in [4.69, 9.17) is 0 Å². The van der Waals surface area contributed by atoms with Crippen LogP contribution in [-0.2, 0) is 0 Å². The van der Waals surface area contributed by atoms with Crippen LogP contribution in [0.2, 0.25) is 0 Å². The lowest BCUT2D eigenvalue weighted by Crippen LogP contribution is -1.93. The van der Waals surface area contributed by atoms with Crippen molar-refractivity contribution in [2.24, 2.45) is 5.92 Å². The maximum absolute atomic E-state index is 2.45. The quantitative estimate of drug-likeness (QED) is 0.526. The molecule has 0 aromatic rings. The van der Waals surface area contributed by atoms with E-state index in [0.717, 1.165) is 5.92 Å². The van der Waals surface area contributed by atoms with Gasteiger partial charge in [0, 0.05) is 0 Å². The van der Waals surface area contributed by atoms with Gasteiger partial charge in [0.05, 0.1) is 0 Å². The molecular weight excluding hydrogens is 132 g/mol. The predicted molar refractivity (Wildman–Crippen MR) is 50.5 cm³/mol. The molecule has 0 spiro atoms. The van der Waals surface area contributed by atoms with E-state index in [9.17, 15) is 0 Å².